The van der Waals surface area contributed by atoms with E-state index in [2.05, 4.69) is 5.32 Å². The topological polar surface area (TPSA) is 75.6 Å². The number of rotatable bonds is 6. The van der Waals surface area contributed by atoms with Gasteiger partial charge in [0.2, 0.25) is 5.91 Å². The number of aliphatic carboxylic acids is 1. The Hall–Kier alpha value is -2.04. The molecule has 2 N–H and O–H groups in total. The van der Waals surface area contributed by atoms with Crippen LogP contribution >= 0.6 is 0 Å². The quantitative estimate of drug-likeness (QED) is 0.784. The molecule has 0 aliphatic heterocycles. The van der Waals surface area contributed by atoms with Crippen molar-refractivity contribution in [3.8, 4) is 5.75 Å². The smallest absolute Gasteiger partial charge is 0.307 e. The second kappa shape index (κ2) is 5.76. The van der Waals surface area contributed by atoms with Gasteiger partial charge < -0.3 is 15.2 Å². The molecule has 0 saturated heterocycles. The number of amides is 1. The van der Waals surface area contributed by atoms with Gasteiger partial charge in [-0.25, -0.2) is 0 Å². The Balaban J connectivity index is 1.75. The monoisotopic (exact) mass is 291 g/mol. The van der Waals surface area contributed by atoms with E-state index < -0.39 is 23.2 Å². The van der Waals surface area contributed by atoms with E-state index in [1.165, 1.54) is 0 Å². The molecular weight excluding hydrogens is 270 g/mol. The highest BCUT2D eigenvalue weighted by Gasteiger charge is 2.65. The lowest BCUT2D eigenvalue weighted by molar-refractivity contribution is -0.140. The van der Waals surface area contributed by atoms with Gasteiger partial charge in [-0.15, -0.1) is 0 Å². The summed E-state index contributed by atoms with van der Waals surface area (Å²) in [4.78, 5) is 23.0. The average molecular weight is 291 g/mol. The second-order valence-corrected chi connectivity index (χ2v) is 6.07. The molecule has 2 unspecified atom stereocenters. The van der Waals surface area contributed by atoms with Gasteiger partial charge in [0.05, 0.1) is 18.4 Å². The van der Waals surface area contributed by atoms with Gasteiger partial charge in [0, 0.05) is 0 Å². The maximum Gasteiger partial charge on any atom is 0.307 e. The maximum atomic E-state index is 12.0. The number of hydrogen-bond acceptors (Lipinski definition) is 3. The highest BCUT2D eigenvalue weighted by Crippen LogP contribution is 2.58. The summed E-state index contributed by atoms with van der Waals surface area (Å²) in [6.07, 6.45) is 0. The van der Waals surface area contributed by atoms with E-state index in [-0.39, 0.29) is 5.91 Å². The van der Waals surface area contributed by atoms with Crippen LogP contribution in [-0.4, -0.2) is 30.1 Å². The van der Waals surface area contributed by atoms with Crippen molar-refractivity contribution in [1.29, 1.82) is 0 Å². The number of nitrogens with one attached hydrogen (secondary N) is 1. The lowest BCUT2D eigenvalue weighted by Crippen LogP contribution is -2.31. The molecule has 21 heavy (non-hydrogen) atoms. The molecular formula is C16H21NO4. The number of carbonyl (C=O) groups is 2. The van der Waals surface area contributed by atoms with Crippen LogP contribution in [0.1, 0.15) is 19.4 Å². The van der Waals surface area contributed by atoms with Crippen LogP contribution in [0.15, 0.2) is 24.3 Å². The minimum Gasteiger partial charge on any atom is -0.492 e. The van der Waals surface area contributed by atoms with Crippen LogP contribution in [0.25, 0.3) is 0 Å². The fourth-order valence-corrected chi connectivity index (χ4v) is 2.75. The van der Waals surface area contributed by atoms with E-state index >= 15 is 0 Å². The van der Waals surface area contributed by atoms with Crippen LogP contribution in [0.3, 0.4) is 0 Å². The van der Waals surface area contributed by atoms with Crippen LogP contribution < -0.4 is 10.1 Å². The van der Waals surface area contributed by atoms with Crippen molar-refractivity contribution < 1.29 is 19.4 Å². The molecule has 1 aliphatic rings. The molecule has 1 aromatic carbocycles. The minimum atomic E-state index is -0.906. The van der Waals surface area contributed by atoms with E-state index in [4.69, 9.17) is 9.84 Å². The molecule has 0 radical (unpaired) electrons. The number of carboxylic acids is 1. The zero-order valence-corrected chi connectivity index (χ0v) is 12.6. The predicted octanol–water partition coefficient (Wildman–Crippen LogP) is 1.85. The molecule has 1 fully saturated rings. The standard InChI is InChI=1S/C16H21NO4/c1-10-5-4-6-11(9-10)21-8-7-17-14(18)12-13(15(19)20)16(12,2)3/h4-6,9,12-13H,7-8H2,1-3H3,(H,17,18)(H,19,20). The SMILES string of the molecule is Cc1cccc(OCCNC(=O)C2C(C(=O)O)C2(C)C)c1. The Morgan fingerprint density at radius 3 is 2.62 bits per heavy atom. The zero-order valence-electron chi connectivity index (χ0n) is 12.6. The van der Waals surface area contributed by atoms with E-state index in [1.807, 2.05) is 31.2 Å². The summed E-state index contributed by atoms with van der Waals surface area (Å²) in [6, 6.07) is 7.68. The van der Waals surface area contributed by atoms with Crippen LogP contribution in [0.2, 0.25) is 0 Å². The molecule has 5 heteroatoms. The molecule has 1 amide bonds. The Bertz CT molecular complexity index is 553. The molecule has 1 aromatic rings. The summed E-state index contributed by atoms with van der Waals surface area (Å²) in [7, 11) is 0. The van der Waals surface area contributed by atoms with Gasteiger partial charge in [0.25, 0.3) is 0 Å². The fraction of sp³-hybridized carbons (Fsp3) is 0.500. The molecule has 2 atom stereocenters. The van der Waals surface area contributed by atoms with Gasteiger partial charge in [0.15, 0.2) is 0 Å². The molecule has 1 saturated carbocycles. The Morgan fingerprint density at radius 2 is 2.05 bits per heavy atom. The number of ether oxygens (including phenoxy) is 1. The Kier molecular flexibility index (Phi) is 4.21. The average Bonchev–Trinajstić information content (AvgIpc) is 2.98. The number of carboxylic acid groups (broad SMARTS) is 1. The number of aryl methyl sites for hydroxylation is 1. The fourth-order valence-electron chi connectivity index (χ4n) is 2.75. The van der Waals surface area contributed by atoms with Crippen molar-refractivity contribution in [2.24, 2.45) is 17.3 Å². The first-order valence-electron chi connectivity index (χ1n) is 7.04. The third kappa shape index (κ3) is 3.35. The summed E-state index contributed by atoms with van der Waals surface area (Å²) in [5.74, 6) is -1.39. The summed E-state index contributed by atoms with van der Waals surface area (Å²) < 4.78 is 5.53. The first-order valence-corrected chi connectivity index (χ1v) is 7.04. The van der Waals surface area contributed by atoms with Crippen molar-refractivity contribution >= 4 is 11.9 Å². The number of hydrogen-bond donors (Lipinski definition) is 2. The van der Waals surface area contributed by atoms with Gasteiger partial charge in [0.1, 0.15) is 12.4 Å². The first kappa shape index (κ1) is 15.4. The predicted molar refractivity (Wildman–Crippen MR) is 78.1 cm³/mol. The van der Waals surface area contributed by atoms with E-state index in [0.29, 0.717) is 13.2 Å². The lowest BCUT2D eigenvalue weighted by atomic mass is 10.1. The van der Waals surface area contributed by atoms with Gasteiger partial charge in [-0.2, -0.15) is 0 Å². The zero-order chi connectivity index (χ0) is 15.6. The van der Waals surface area contributed by atoms with E-state index in [9.17, 15) is 9.59 Å². The molecule has 114 valence electrons. The maximum absolute atomic E-state index is 12.0. The van der Waals surface area contributed by atoms with Gasteiger partial charge in [-0.1, -0.05) is 26.0 Å². The summed E-state index contributed by atoms with van der Waals surface area (Å²) in [5.41, 5.74) is 0.647. The number of carbonyl (C=O) groups excluding carboxylic acids is 1. The number of benzene rings is 1. The van der Waals surface area contributed by atoms with Crippen molar-refractivity contribution in [3.05, 3.63) is 29.8 Å². The summed E-state index contributed by atoms with van der Waals surface area (Å²) in [6.45, 7) is 6.32. The largest absolute Gasteiger partial charge is 0.492 e. The second-order valence-electron chi connectivity index (χ2n) is 6.07. The first-order chi connectivity index (χ1) is 9.84. The van der Waals surface area contributed by atoms with Gasteiger partial charge in [-0.3, -0.25) is 9.59 Å². The van der Waals surface area contributed by atoms with Crippen molar-refractivity contribution in [1.82, 2.24) is 5.32 Å². The van der Waals surface area contributed by atoms with E-state index in [0.717, 1.165) is 11.3 Å². The van der Waals surface area contributed by atoms with Crippen molar-refractivity contribution in [3.63, 3.8) is 0 Å². The van der Waals surface area contributed by atoms with Crippen LogP contribution in [0, 0.1) is 24.2 Å². The highest BCUT2D eigenvalue weighted by atomic mass is 16.5. The Labute approximate surface area is 124 Å². The van der Waals surface area contributed by atoms with Crippen LogP contribution in [0.5, 0.6) is 5.75 Å². The molecule has 0 bridgehead atoms. The van der Waals surface area contributed by atoms with Crippen LogP contribution in [-0.2, 0) is 9.59 Å². The molecule has 2 rings (SSSR count). The summed E-state index contributed by atoms with van der Waals surface area (Å²) >= 11 is 0. The molecule has 0 spiro atoms. The van der Waals surface area contributed by atoms with Gasteiger partial charge in [-0.05, 0) is 30.0 Å². The highest BCUT2D eigenvalue weighted by molar-refractivity contribution is 5.91. The third-order valence-corrected chi connectivity index (χ3v) is 4.04. The van der Waals surface area contributed by atoms with Crippen LogP contribution in [0.4, 0.5) is 0 Å². The minimum absolute atomic E-state index is 0.208. The van der Waals surface area contributed by atoms with Gasteiger partial charge >= 0.3 is 5.97 Å². The van der Waals surface area contributed by atoms with E-state index in [1.54, 1.807) is 13.8 Å². The molecule has 5 nitrogen and oxygen atoms in total. The van der Waals surface area contributed by atoms with Crippen molar-refractivity contribution in [2.75, 3.05) is 13.2 Å². The van der Waals surface area contributed by atoms with Crippen molar-refractivity contribution in [2.45, 2.75) is 20.8 Å². The third-order valence-electron chi connectivity index (χ3n) is 4.04. The molecule has 0 heterocycles. The summed E-state index contributed by atoms with van der Waals surface area (Å²) in [5, 5.41) is 11.8. The lowest BCUT2D eigenvalue weighted by Gasteiger charge is -2.08. The molecule has 1 aliphatic carbocycles. The Morgan fingerprint density at radius 1 is 1.33 bits per heavy atom. The molecule has 0 aromatic heterocycles. The normalized spacial score (nSPS) is 22.4.